The van der Waals surface area contributed by atoms with Gasteiger partial charge in [0, 0.05) is 11.1 Å². The van der Waals surface area contributed by atoms with Crippen LogP contribution in [0, 0.1) is 6.92 Å². The summed E-state index contributed by atoms with van der Waals surface area (Å²) in [5.41, 5.74) is 1.51. The van der Waals surface area contributed by atoms with Crippen LogP contribution in [0.2, 0.25) is 5.02 Å². The van der Waals surface area contributed by atoms with Gasteiger partial charge in [0.05, 0.1) is 30.6 Å². The average Bonchev–Trinajstić information content (AvgIpc) is 2.96. The lowest BCUT2D eigenvalue weighted by atomic mass is 10.2. The Hall–Kier alpha value is -1.59. The smallest absolute Gasteiger partial charge is 0.234 e. The highest BCUT2D eigenvalue weighted by Crippen LogP contribution is 2.31. The maximum Gasteiger partial charge on any atom is 0.234 e. The number of anilines is 1. The average molecular weight is 326 g/mol. The van der Waals surface area contributed by atoms with Crippen molar-refractivity contribution in [3.05, 3.63) is 46.9 Å². The molecule has 0 radical (unpaired) electrons. The van der Waals surface area contributed by atoms with Crippen LogP contribution < -0.4 is 10.1 Å². The molecule has 0 saturated carbocycles. The zero-order chi connectivity index (χ0) is 15.2. The molecule has 1 aromatic carbocycles. The van der Waals surface area contributed by atoms with Gasteiger partial charge in [-0.3, -0.25) is 4.79 Å². The molecule has 0 saturated heterocycles. The third-order valence-corrected chi connectivity index (χ3v) is 4.17. The Bertz CT molecular complexity index is 614. The minimum Gasteiger partial charge on any atom is -0.495 e. The number of benzene rings is 1. The molecule has 0 aliphatic rings. The molecular formula is C15H16ClNO3S. The molecule has 6 heteroatoms. The van der Waals surface area contributed by atoms with Gasteiger partial charge in [0.25, 0.3) is 0 Å². The molecule has 2 aromatic rings. The highest BCUT2D eigenvalue weighted by Gasteiger charge is 2.10. The predicted octanol–water partition coefficient (Wildman–Crippen LogP) is 4.12. The quantitative estimate of drug-likeness (QED) is 0.868. The monoisotopic (exact) mass is 325 g/mol. The number of hydrogen-bond acceptors (Lipinski definition) is 4. The van der Waals surface area contributed by atoms with Gasteiger partial charge in [0.2, 0.25) is 5.91 Å². The number of amides is 1. The van der Waals surface area contributed by atoms with E-state index in [1.807, 2.05) is 19.1 Å². The Morgan fingerprint density at radius 1 is 1.48 bits per heavy atom. The van der Waals surface area contributed by atoms with Crippen molar-refractivity contribution < 1.29 is 13.9 Å². The first-order chi connectivity index (χ1) is 10.1. The van der Waals surface area contributed by atoms with Crippen molar-refractivity contribution >= 4 is 35.0 Å². The van der Waals surface area contributed by atoms with Gasteiger partial charge in [-0.05, 0) is 30.7 Å². The van der Waals surface area contributed by atoms with E-state index in [0.29, 0.717) is 28.0 Å². The fourth-order valence-corrected chi connectivity index (χ4v) is 2.63. The summed E-state index contributed by atoms with van der Waals surface area (Å²) in [6.45, 7) is 1.88. The molecule has 1 amide bonds. The van der Waals surface area contributed by atoms with E-state index in [-0.39, 0.29) is 5.91 Å². The fraction of sp³-hybridized carbons (Fsp3) is 0.267. The first kappa shape index (κ1) is 15.8. The second-order valence-electron chi connectivity index (χ2n) is 4.42. The molecule has 0 atom stereocenters. The van der Waals surface area contributed by atoms with Crippen LogP contribution >= 0.6 is 23.4 Å². The summed E-state index contributed by atoms with van der Waals surface area (Å²) in [4.78, 5) is 12.0. The summed E-state index contributed by atoms with van der Waals surface area (Å²) >= 11 is 7.52. The number of methoxy groups -OCH3 is 1. The summed E-state index contributed by atoms with van der Waals surface area (Å²) in [6.07, 6.45) is 1.62. The van der Waals surface area contributed by atoms with Gasteiger partial charge < -0.3 is 14.5 Å². The van der Waals surface area contributed by atoms with Gasteiger partial charge >= 0.3 is 0 Å². The van der Waals surface area contributed by atoms with E-state index in [2.05, 4.69) is 5.32 Å². The second-order valence-corrected chi connectivity index (χ2v) is 5.81. The zero-order valence-corrected chi connectivity index (χ0v) is 13.4. The van der Waals surface area contributed by atoms with Crippen molar-refractivity contribution in [2.45, 2.75) is 12.7 Å². The molecule has 0 aliphatic heterocycles. The highest BCUT2D eigenvalue weighted by atomic mass is 35.5. The number of aryl methyl sites for hydroxylation is 1. The molecule has 21 heavy (non-hydrogen) atoms. The van der Waals surface area contributed by atoms with Crippen LogP contribution in [0.4, 0.5) is 5.69 Å². The van der Waals surface area contributed by atoms with E-state index in [9.17, 15) is 4.79 Å². The lowest BCUT2D eigenvalue weighted by molar-refractivity contribution is -0.113. The molecule has 0 fully saturated rings. The van der Waals surface area contributed by atoms with Crippen LogP contribution in [0.3, 0.4) is 0 Å². The third kappa shape index (κ3) is 4.44. The fourth-order valence-electron chi connectivity index (χ4n) is 1.76. The maximum absolute atomic E-state index is 12.0. The van der Waals surface area contributed by atoms with Gasteiger partial charge in [-0.25, -0.2) is 0 Å². The number of furan rings is 1. The summed E-state index contributed by atoms with van der Waals surface area (Å²) < 4.78 is 10.4. The lowest BCUT2D eigenvalue weighted by Crippen LogP contribution is -2.15. The van der Waals surface area contributed by atoms with E-state index in [1.54, 1.807) is 25.5 Å². The van der Waals surface area contributed by atoms with Crippen molar-refractivity contribution in [1.29, 1.82) is 0 Å². The van der Waals surface area contributed by atoms with Gasteiger partial charge in [-0.15, -0.1) is 11.8 Å². The molecule has 2 rings (SSSR count). The van der Waals surface area contributed by atoms with E-state index < -0.39 is 0 Å². The summed E-state index contributed by atoms with van der Waals surface area (Å²) in [5, 5.41) is 3.44. The Labute approximate surface area is 132 Å². The van der Waals surface area contributed by atoms with Crippen LogP contribution in [0.5, 0.6) is 5.75 Å². The third-order valence-electron chi connectivity index (χ3n) is 2.81. The first-order valence-electron chi connectivity index (χ1n) is 6.34. The predicted molar refractivity (Wildman–Crippen MR) is 86.2 cm³/mol. The van der Waals surface area contributed by atoms with Gasteiger partial charge in [0.15, 0.2) is 0 Å². The van der Waals surface area contributed by atoms with Crippen molar-refractivity contribution in [3.8, 4) is 5.75 Å². The molecule has 112 valence electrons. The number of halogens is 1. The van der Waals surface area contributed by atoms with Crippen LogP contribution in [-0.4, -0.2) is 18.8 Å². The van der Waals surface area contributed by atoms with Crippen molar-refractivity contribution in [2.75, 3.05) is 18.2 Å². The molecule has 0 aliphatic carbocycles. The first-order valence-corrected chi connectivity index (χ1v) is 7.87. The Morgan fingerprint density at radius 3 is 2.95 bits per heavy atom. The largest absolute Gasteiger partial charge is 0.495 e. The maximum atomic E-state index is 12.0. The van der Waals surface area contributed by atoms with E-state index in [0.717, 1.165) is 11.3 Å². The van der Waals surface area contributed by atoms with Crippen molar-refractivity contribution in [2.24, 2.45) is 0 Å². The Kier molecular flexibility index (Phi) is 5.59. The topological polar surface area (TPSA) is 51.5 Å². The molecule has 0 spiro atoms. The molecule has 1 aromatic heterocycles. The SMILES string of the molecule is COc1cc(Cl)c(C)cc1NC(=O)CSCc1ccco1. The molecule has 0 unspecified atom stereocenters. The minimum absolute atomic E-state index is 0.0911. The molecular weight excluding hydrogens is 310 g/mol. The van der Waals surface area contributed by atoms with Crippen molar-refractivity contribution in [1.82, 2.24) is 0 Å². The standard InChI is InChI=1S/C15H16ClNO3S/c1-10-6-13(14(19-2)7-12(10)16)17-15(18)9-21-8-11-4-3-5-20-11/h3-7H,8-9H2,1-2H3,(H,17,18). The normalized spacial score (nSPS) is 10.4. The molecule has 4 nitrogen and oxygen atoms in total. The summed E-state index contributed by atoms with van der Waals surface area (Å²) in [6, 6.07) is 7.21. The van der Waals surface area contributed by atoms with Gasteiger partial charge in [-0.2, -0.15) is 0 Å². The van der Waals surface area contributed by atoms with Crippen LogP contribution in [0.1, 0.15) is 11.3 Å². The number of carbonyl (C=O) groups excluding carboxylic acids is 1. The number of thioether (sulfide) groups is 1. The van der Waals surface area contributed by atoms with Crippen LogP contribution in [0.15, 0.2) is 34.9 Å². The van der Waals surface area contributed by atoms with E-state index in [1.165, 1.54) is 11.8 Å². The Balaban J connectivity index is 1.91. The van der Waals surface area contributed by atoms with E-state index in [4.69, 9.17) is 20.8 Å². The number of ether oxygens (including phenoxy) is 1. The van der Waals surface area contributed by atoms with E-state index >= 15 is 0 Å². The second kappa shape index (κ2) is 7.43. The number of rotatable bonds is 6. The zero-order valence-electron chi connectivity index (χ0n) is 11.8. The van der Waals surface area contributed by atoms with Crippen molar-refractivity contribution in [3.63, 3.8) is 0 Å². The Morgan fingerprint density at radius 2 is 2.29 bits per heavy atom. The summed E-state index contributed by atoms with van der Waals surface area (Å²) in [5.74, 6) is 2.32. The van der Waals surface area contributed by atoms with Gasteiger partial charge in [-0.1, -0.05) is 11.6 Å². The number of carbonyl (C=O) groups is 1. The van der Waals surface area contributed by atoms with Crippen LogP contribution in [0.25, 0.3) is 0 Å². The minimum atomic E-state index is -0.0911. The lowest BCUT2D eigenvalue weighted by Gasteiger charge is -2.12. The van der Waals surface area contributed by atoms with Gasteiger partial charge in [0.1, 0.15) is 11.5 Å². The highest BCUT2D eigenvalue weighted by molar-refractivity contribution is 7.99. The summed E-state index contributed by atoms with van der Waals surface area (Å²) in [7, 11) is 1.54. The molecule has 0 bridgehead atoms. The molecule has 1 N–H and O–H groups in total. The van der Waals surface area contributed by atoms with Crippen LogP contribution in [-0.2, 0) is 10.5 Å². The number of hydrogen-bond donors (Lipinski definition) is 1. The molecule has 1 heterocycles. The number of nitrogens with one attached hydrogen (secondary N) is 1.